The molecule has 0 aromatic heterocycles. The molecule has 2 aromatic carbocycles. The lowest BCUT2D eigenvalue weighted by molar-refractivity contribution is -0.133. The van der Waals surface area contributed by atoms with E-state index >= 15 is 0 Å². The van der Waals surface area contributed by atoms with Crippen molar-refractivity contribution in [2.45, 2.75) is 32.1 Å². The van der Waals surface area contributed by atoms with Crippen molar-refractivity contribution in [3.05, 3.63) is 65.5 Å². The highest BCUT2D eigenvalue weighted by Gasteiger charge is 2.34. The maximum Gasteiger partial charge on any atom is 0.253 e. The largest absolute Gasteiger partial charge is 0.368 e. The molecule has 2 aromatic rings. The molecule has 5 rings (SSSR count). The zero-order valence-electron chi connectivity index (χ0n) is 19.1. The maximum atomic E-state index is 13.2. The third kappa shape index (κ3) is 5.21. The third-order valence-corrected chi connectivity index (χ3v) is 7.34. The Kier molecular flexibility index (Phi) is 6.34. The van der Waals surface area contributed by atoms with Gasteiger partial charge in [0.1, 0.15) is 5.82 Å². The molecule has 2 heterocycles. The fourth-order valence-corrected chi connectivity index (χ4v) is 5.06. The van der Waals surface area contributed by atoms with E-state index in [4.69, 9.17) is 0 Å². The predicted octanol–water partition coefficient (Wildman–Crippen LogP) is 3.98. The molecule has 2 aliphatic heterocycles. The van der Waals surface area contributed by atoms with Crippen LogP contribution in [0.2, 0.25) is 0 Å². The van der Waals surface area contributed by atoms with Gasteiger partial charge in [-0.1, -0.05) is 12.1 Å². The molecule has 1 saturated carbocycles. The number of rotatable bonds is 5. The Labute approximate surface area is 195 Å². The standard InChI is InChI=1S/C27H32FN3O2/c28-24-7-9-25(10-8-24)29-15-17-31(18-16-29)27(33)22-3-1-20(2-4-22)19-21-11-13-30(14-12-21)26(32)23-5-6-23/h1-4,7-10,21,23H,5-6,11-19H2. The number of hydrogen-bond acceptors (Lipinski definition) is 3. The van der Waals surface area contributed by atoms with E-state index in [0.29, 0.717) is 30.8 Å². The minimum Gasteiger partial charge on any atom is -0.368 e. The van der Waals surface area contributed by atoms with Crippen LogP contribution in [0.3, 0.4) is 0 Å². The third-order valence-electron chi connectivity index (χ3n) is 7.34. The van der Waals surface area contributed by atoms with Crippen molar-refractivity contribution in [1.29, 1.82) is 0 Å². The van der Waals surface area contributed by atoms with E-state index in [0.717, 1.165) is 69.5 Å². The molecule has 0 N–H and O–H groups in total. The summed E-state index contributed by atoms with van der Waals surface area (Å²) < 4.78 is 13.2. The van der Waals surface area contributed by atoms with Crippen LogP contribution in [-0.2, 0) is 11.2 Å². The van der Waals surface area contributed by atoms with Crippen LogP contribution in [0.4, 0.5) is 10.1 Å². The van der Waals surface area contributed by atoms with Gasteiger partial charge in [0.2, 0.25) is 5.91 Å². The van der Waals surface area contributed by atoms with Crippen LogP contribution in [0.25, 0.3) is 0 Å². The molecular weight excluding hydrogens is 417 g/mol. The lowest BCUT2D eigenvalue weighted by Gasteiger charge is -2.36. The van der Waals surface area contributed by atoms with Gasteiger partial charge in [-0.05, 0) is 80.0 Å². The molecule has 0 radical (unpaired) electrons. The van der Waals surface area contributed by atoms with Gasteiger partial charge < -0.3 is 14.7 Å². The molecule has 3 aliphatic rings. The smallest absolute Gasteiger partial charge is 0.253 e. The van der Waals surface area contributed by atoms with Crippen molar-refractivity contribution >= 4 is 17.5 Å². The highest BCUT2D eigenvalue weighted by molar-refractivity contribution is 5.94. The first-order valence-electron chi connectivity index (χ1n) is 12.2. The summed E-state index contributed by atoms with van der Waals surface area (Å²) in [5.74, 6) is 1.14. The molecule has 2 amide bonds. The van der Waals surface area contributed by atoms with Crippen LogP contribution >= 0.6 is 0 Å². The van der Waals surface area contributed by atoms with Gasteiger partial charge in [-0.3, -0.25) is 9.59 Å². The number of benzene rings is 2. The molecule has 0 unspecified atom stereocenters. The summed E-state index contributed by atoms with van der Waals surface area (Å²) in [7, 11) is 0. The highest BCUT2D eigenvalue weighted by atomic mass is 19.1. The normalized spacial score (nSPS) is 19.6. The lowest BCUT2D eigenvalue weighted by Crippen LogP contribution is -2.48. The molecule has 0 spiro atoms. The average molecular weight is 450 g/mol. The number of hydrogen-bond donors (Lipinski definition) is 0. The Balaban J connectivity index is 1.10. The van der Waals surface area contributed by atoms with Crippen LogP contribution in [0.1, 0.15) is 41.6 Å². The van der Waals surface area contributed by atoms with E-state index in [1.54, 1.807) is 12.1 Å². The molecule has 0 bridgehead atoms. The van der Waals surface area contributed by atoms with Gasteiger partial charge in [-0.2, -0.15) is 0 Å². The van der Waals surface area contributed by atoms with Gasteiger partial charge in [-0.15, -0.1) is 0 Å². The Morgan fingerprint density at radius 2 is 1.39 bits per heavy atom. The van der Waals surface area contributed by atoms with Gasteiger partial charge in [0.05, 0.1) is 0 Å². The van der Waals surface area contributed by atoms with E-state index < -0.39 is 0 Å². The summed E-state index contributed by atoms with van der Waals surface area (Å²) in [4.78, 5) is 31.4. The van der Waals surface area contributed by atoms with Crippen LogP contribution in [-0.4, -0.2) is 60.9 Å². The maximum absolute atomic E-state index is 13.2. The Hall–Kier alpha value is -2.89. The zero-order chi connectivity index (χ0) is 22.8. The second kappa shape index (κ2) is 9.54. The van der Waals surface area contributed by atoms with Crippen LogP contribution < -0.4 is 4.90 Å². The minimum absolute atomic E-state index is 0.0761. The molecule has 5 nitrogen and oxygen atoms in total. The summed E-state index contributed by atoms with van der Waals surface area (Å²) in [5, 5.41) is 0. The fraction of sp³-hybridized carbons (Fsp3) is 0.481. The van der Waals surface area contributed by atoms with Crippen LogP contribution in [0.15, 0.2) is 48.5 Å². The summed E-state index contributed by atoms with van der Waals surface area (Å²) in [6.45, 7) is 4.60. The van der Waals surface area contributed by atoms with Gasteiger partial charge in [-0.25, -0.2) is 4.39 Å². The molecule has 1 aliphatic carbocycles. The summed E-state index contributed by atoms with van der Waals surface area (Å²) in [5.41, 5.74) is 2.99. The van der Waals surface area contributed by atoms with Gasteiger partial charge in [0, 0.05) is 56.4 Å². The Morgan fingerprint density at radius 3 is 2.00 bits per heavy atom. The molecule has 33 heavy (non-hydrogen) atoms. The summed E-state index contributed by atoms with van der Waals surface area (Å²) in [6.07, 6.45) is 5.30. The monoisotopic (exact) mass is 449 g/mol. The SMILES string of the molecule is O=C(c1ccc(CC2CCN(C(=O)C3CC3)CC2)cc1)N1CCN(c2ccc(F)cc2)CC1. The van der Waals surface area contributed by atoms with E-state index in [2.05, 4.69) is 21.9 Å². The van der Waals surface area contributed by atoms with E-state index in [1.807, 2.05) is 17.0 Å². The van der Waals surface area contributed by atoms with E-state index in [-0.39, 0.29) is 11.7 Å². The lowest BCUT2D eigenvalue weighted by atomic mass is 9.89. The van der Waals surface area contributed by atoms with Crippen molar-refractivity contribution in [2.75, 3.05) is 44.2 Å². The number of anilines is 1. The molecule has 3 fully saturated rings. The Bertz CT molecular complexity index is 971. The van der Waals surface area contributed by atoms with Crippen molar-refractivity contribution < 1.29 is 14.0 Å². The number of likely N-dealkylation sites (tertiary alicyclic amines) is 1. The van der Waals surface area contributed by atoms with Gasteiger partial charge >= 0.3 is 0 Å². The van der Waals surface area contributed by atoms with Crippen LogP contribution in [0, 0.1) is 17.7 Å². The predicted molar refractivity (Wildman–Crippen MR) is 127 cm³/mol. The first-order chi connectivity index (χ1) is 16.1. The van der Waals surface area contributed by atoms with Gasteiger partial charge in [0.15, 0.2) is 0 Å². The molecule has 6 heteroatoms. The van der Waals surface area contributed by atoms with Crippen molar-refractivity contribution in [1.82, 2.24) is 9.80 Å². The number of amides is 2. The molecule has 2 saturated heterocycles. The number of carbonyl (C=O) groups is 2. The topological polar surface area (TPSA) is 43.9 Å². The molecule has 0 atom stereocenters. The Morgan fingerprint density at radius 1 is 0.758 bits per heavy atom. The fourth-order valence-electron chi connectivity index (χ4n) is 5.06. The number of piperazine rings is 1. The van der Waals surface area contributed by atoms with Gasteiger partial charge in [0.25, 0.3) is 5.91 Å². The molecule has 174 valence electrons. The zero-order valence-corrected chi connectivity index (χ0v) is 19.1. The molecular formula is C27H32FN3O2. The van der Waals surface area contributed by atoms with E-state index in [9.17, 15) is 14.0 Å². The number of nitrogens with zero attached hydrogens (tertiary/aromatic N) is 3. The van der Waals surface area contributed by atoms with Crippen molar-refractivity contribution in [2.24, 2.45) is 11.8 Å². The number of carbonyl (C=O) groups excluding carboxylic acids is 2. The highest BCUT2D eigenvalue weighted by Crippen LogP contribution is 2.33. The summed E-state index contributed by atoms with van der Waals surface area (Å²) >= 11 is 0. The first kappa shape index (κ1) is 21.9. The first-order valence-corrected chi connectivity index (χ1v) is 12.2. The van der Waals surface area contributed by atoms with Crippen molar-refractivity contribution in [3.63, 3.8) is 0 Å². The number of piperidine rings is 1. The van der Waals surface area contributed by atoms with Crippen molar-refractivity contribution in [3.8, 4) is 0 Å². The second-order valence-corrected chi connectivity index (χ2v) is 9.70. The number of halogens is 1. The second-order valence-electron chi connectivity index (χ2n) is 9.70. The summed E-state index contributed by atoms with van der Waals surface area (Å²) in [6, 6.07) is 14.6. The minimum atomic E-state index is -0.231. The van der Waals surface area contributed by atoms with E-state index in [1.165, 1.54) is 17.7 Å². The average Bonchev–Trinajstić information content (AvgIpc) is 3.70. The van der Waals surface area contributed by atoms with Crippen LogP contribution in [0.5, 0.6) is 0 Å². The quantitative estimate of drug-likeness (QED) is 0.694.